The molecule has 9 heteroatoms. The highest BCUT2D eigenvalue weighted by molar-refractivity contribution is 5.69. The van der Waals surface area contributed by atoms with E-state index < -0.39 is 5.60 Å². The van der Waals surface area contributed by atoms with Gasteiger partial charge in [0.05, 0.1) is 12.4 Å². The maximum atomic E-state index is 13.8. The number of fused-ring (bicyclic) bond motifs is 1. The van der Waals surface area contributed by atoms with E-state index in [1.165, 1.54) is 18.5 Å². The molecule has 0 amide bonds. The molecule has 0 spiro atoms. The van der Waals surface area contributed by atoms with E-state index in [2.05, 4.69) is 26.3 Å². The standard InChI is InChI=1S/C26H31FN6O2/c1-4-26(2,3)35-23(34)11-8-17-6-5-7-20(12-17)31-24-18(13-28)14-30-25(32-24)21-15-29-22-10-9-19(27)16-33(21)22/h9-10,14-17,20H,4-8,11-12H2,1-3H3,(H,30,31,32). The van der Waals surface area contributed by atoms with Gasteiger partial charge in [0, 0.05) is 18.7 Å². The Morgan fingerprint density at radius 1 is 1.31 bits per heavy atom. The third kappa shape index (κ3) is 5.94. The smallest absolute Gasteiger partial charge is 0.306 e. The van der Waals surface area contributed by atoms with Gasteiger partial charge >= 0.3 is 5.97 Å². The predicted molar refractivity (Wildman–Crippen MR) is 130 cm³/mol. The summed E-state index contributed by atoms with van der Waals surface area (Å²) in [5, 5.41) is 13.0. The zero-order valence-corrected chi connectivity index (χ0v) is 20.4. The summed E-state index contributed by atoms with van der Waals surface area (Å²) in [6.45, 7) is 5.86. The van der Waals surface area contributed by atoms with Crippen molar-refractivity contribution < 1.29 is 13.9 Å². The molecule has 0 aliphatic heterocycles. The number of hydrogen-bond acceptors (Lipinski definition) is 7. The maximum Gasteiger partial charge on any atom is 0.306 e. The number of nitriles is 1. The van der Waals surface area contributed by atoms with Gasteiger partial charge in [0.2, 0.25) is 0 Å². The molecule has 2 atom stereocenters. The van der Waals surface area contributed by atoms with Crippen molar-refractivity contribution >= 4 is 17.4 Å². The first-order valence-electron chi connectivity index (χ1n) is 12.2. The van der Waals surface area contributed by atoms with E-state index >= 15 is 0 Å². The molecule has 3 heterocycles. The molecular formula is C26H31FN6O2. The van der Waals surface area contributed by atoms with E-state index in [0.717, 1.165) is 38.5 Å². The number of esters is 1. The second-order valence-electron chi connectivity index (χ2n) is 9.79. The average Bonchev–Trinajstić information content (AvgIpc) is 3.26. The quantitative estimate of drug-likeness (QED) is 0.439. The Morgan fingerprint density at radius 3 is 2.91 bits per heavy atom. The molecule has 0 radical (unpaired) electrons. The molecule has 184 valence electrons. The number of carbonyl (C=O) groups is 1. The van der Waals surface area contributed by atoms with Crippen molar-refractivity contribution in [3.05, 3.63) is 42.1 Å². The summed E-state index contributed by atoms with van der Waals surface area (Å²) in [6.07, 6.45) is 10.3. The molecule has 8 nitrogen and oxygen atoms in total. The lowest BCUT2D eigenvalue weighted by Gasteiger charge is -2.30. The van der Waals surface area contributed by atoms with Crippen LogP contribution in [0.4, 0.5) is 10.2 Å². The Bertz CT molecular complexity index is 1250. The highest BCUT2D eigenvalue weighted by Gasteiger charge is 2.26. The highest BCUT2D eigenvalue weighted by atomic mass is 19.1. The number of rotatable bonds is 8. The summed E-state index contributed by atoms with van der Waals surface area (Å²) < 4.78 is 21.0. The van der Waals surface area contributed by atoms with Crippen LogP contribution in [-0.4, -0.2) is 37.0 Å². The summed E-state index contributed by atoms with van der Waals surface area (Å²) in [5.41, 5.74) is 1.04. The van der Waals surface area contributed by atoms with Crippen LogP contribution in [0.3, 0.4) is 0 Å². The van der Waals surface area contributed by atoms with Crippen molar-refractivity contribution in [3.8, 4) is 17.6 Å². The first-order valence-corrected chi connectivity index (χ1v) is 12.2. The van der Waals surface area contributed by atoms with E-state index in [9.17, 15) is 14.4 Å². The molecule has 4 rings (SSSR count). The number of nitrogens with one attached hydrogen (secondary N) is 1. The summed E-state index contributed by atoms with van der Waals surface area (Å²) in [4.78, 5) is 25.5. The van der Waals surface area contributed by atoms with Gasteiger partial charge in [0.25, 0.3) is 0 Å². The van der Waals surface area contributed by atoms with Crippen molar-refractivity contribution in [2.45, 2.75) is 77.4 Å². The van der Waals surface area contributed by atoms with Crippen LogP contribution in [-0.2, 0) is 9.53 Å². The summed E-state index contributed by atoms with van der Waals surface area (Å²) in [6, 6.07) is 5.22. The lowest BCUT2D eigenvalue weighted by molar-refractivity contribution is -0.157. The number of aromatic nitrogens is 4. The Morgan fingerprint density at radius 2 is 2.14 bits per heavy atom. The van der Waals surface area contributed by atoms with E-state index in [0.29, 0.717) is 40.9 Å². The van der Waals surface area contributed by atoms with Crippen molar-refractivity contribution in [2.75, 3.05) is 5.32 Å². The Hall–Kier alpha value is -3.54. The van der Waals surface area contributed by atoms with Crippen LogP contribution in [0.5, 0.6) is 0 Å². The number of halogens is 1. The number of carbonyl (C=O) groups excluding carboxylic acids is 1. The topological polar surface area (TPSA) is 105 Å². The first kappa shape index (κ1) is 24.6. The fraction of sp³-hybridized carbons (Fsp3) is 0.500. The summed E-state index contributed by atoms with van der Waals surface area (Å²) >= 11 is 0. The fourth-order valence-electron chi connectivity index (χ4n) is 4.45. The Kier molecular flexibility index (Phi) is 7.29. The third-order valence-corrected chi connectivity index (χ3v) is 6.73. The number of hydrogen-bond donors (Lipinski definition) is 1. The largest absolute Gasteiger partial charge is 0.460 e. The Balaban J connectivity index is 1.45. The number of ether oxygens (including phenoxy) is 1. The summed E-state index contributed by atoms with van der Waals surface area (Å²) in [5.74, 6) is 0.673. The van der Waals surface area contributed by atoms with Gasteiger partial charge in [-0.15, -0.1) is 0 Å². The molecule has 1 fully saturated rings. The minimum Gasteiger partial charge on any atom is -0.460 e. The molecule has 1 N–H and O–H groups in total. The fourth-order valence-corrected chi connectivity index (χ4v) is 4.45. The van der Waals surface area contributed by atoms with Gasteiger partial charge in [-0.3, -0.25) is 9.20 Å². The summed E-state index contributed by atoms with van der Waals surface area (Å²) in [7, 11) is 0. The number of pyridine rings is 1. The molecule has 35 heavy (non-hydrogen) atoms. The SMILES string of the molecule is CCC(C)(C)OC(=O)CCC1CCCC(Nc2nc(-c3cnc4ccc(F)cn34)ncc2C#N)C1. The minimum atomic E-state index is -0.432. The van der Waals surface area contributed by atoms with Crippen LogP contribution >= 0.6 is 0 Å². The normalized spacial score (nSPS) is 18.3. The second-order valence-corrected chi connectivity index (χ2v) is 9.79. The first-order chi connectivity index (χ1) is 16.8. The van der Waals surface area contributed by atoms with E-state index in [1.54, 1.807) is 16.7 Å². The van der Waals surface area contributed by atoms with Crippen molar-refractivity contribution in [2.24, 2.45) is 5.92 Å². The molecule has 1 aliphatic rings. The van der Waals surface area contributed by atoms with Crippen LogP contribution in [0.1, 0.15) is 71.3 Å². The number of imidazole rings is 1. The lowest BCUT2D eigenvalue weighted by Crippen LogP contribution is -2.30. The van der Waals surface area contributed by atoms with Gasteiger partial charge < -0.3 is 10.1 Å². The van der Waals surface area contributed by atoms with Gasteiger partial charge in [-0.2, -0.15) is 5.26 Å². The molecule has 1 saturated carbocycles. The van der Waals surface area contributed by atoms with Gasteiger partial charge in [-0.25, -0.2) is 19.3 Å². The van der Waals surface area contributed by atoms with Crippen LogP contribution in [0.2, 0.25) is 0 Å². The molecule has 0 saturated heterocycles. The highest BCUT2D eigenvalue weighted by Crippen LogP contribution is 2.31. The van der Waals surface area contributed by atoms with Crippen LogP contribution in [0, 0.1) is 23.1 Å². The van der Waals surface area contributed by atoms with Crippen LogP contribution in [0.25, 0.3) is 17.2 Å². The zero-order valence-electron chi connectivity index (χ0n) is 20.4. The molecule has 1 aliphatic carbocycles. The molecule has 2 unspecified atom stereocenters. The third-order valence-electron chi connectivity index (χ3n) is 6.73. The monoisotopic (exact) mass is 478 g/mol. The van der Waals surface area contributed by atoms with Crippen molar-refractivity contribution in [3.63, 3.8) is 0 Å². The van der Waals surface area contributed by atoms with E-state index in [1.807, 2.05) is 20.8 Å². The van der Waals surface area contributed by atoms with Crippen molar-refractivity contribution in [1.82, 2.24) is 19.4 Å². The Labute approximate surface area is 204 Å². The minimum absolute atomic E-state index is 0.131. The molecule has 0 bridgehead atoms. The van der Waals surface area contributed by atoms with Gasteiger partial charge in [0.1, 0.15) is 40.2 Å². The average molecular weight is 479 g/mol. The molecule has 0 aromatic carbocycles. The van der Waals surface area contributed by atoms with Gasteiger partial charge in [-0.05, 0) is 57.6 Å². The van der Waals surface area contributed by atoms with Crippen LogP contribution < -0.4 is 5.32 Å². The predicted octanol–water partition coefficient (Wildman–Crippen LogP) is 5.28. The van der Waals surface area contributed by atoms with Crippen molar-refractivity contribution in [1.29, 1.82) is 5.26 Å². The molecular weight excluding hydrogens is 447 g/mol. The maximum absolute atomic E-state index is 13.8. The molecule has 3 aromatic rings. The molecule has 3 aromatic heterocycles. The number of nitrogens with zero attached hydrogens (tertiary/aromatic N) is 5. The second kappa shape index (κ2) is 10.4. The zero-order chi connectivity index (χ0) is 25.0. The lowest BCUT2D eigenvalue weighted by atomic mass is 9.83. The van der Waals surface area contributed by atoms with Gasteiger partial charge in [0.15, 0.2) is 5.82 Å². The number of anilines is 1. The van der Waals surface area contributed by atoms with E-state index in [-0.39, 0.29) is 17.8 Å². The van der Waals surface area contributed by atoms with E-state index in [4.69, 9.17) is 4.74 Å². The van der Waals surface area contributed by atoms with Crippen LogP contribution in [0.15, 0.2) is 30.7 Å². The van der Waals surface area contributed by atoms with Gasteiger partial charge in [-0.1, -0.05) is 19.8 Å².